The van der Waals surface area contributed by atoms with Crippen LogP contribution in [0, 0.1) is 18.8 Å². The van der Waals surface area contributed by atoms with Crippen LogP contribution in [0.4, 0.5) is 0 Å². The fraction of sp³-hybridized carbons (Fsp3) is 0.667. The lowest BCUT2D eigenvalue weighted by molar-refractivity contribution is 0.357. The molecule has 100 valence electrons. The van der Waals surface area contributed by atoms with Crippen LogP contribution in [0.25, 0.3) is 0 Å². The summed E-state index contributed by atoms with van der Waals surface area (Å²) in [7, 11) is 0. The first-order valence-electron chi connectivity index (χ1n) is 7.79. The standard InChI is InChI=1S/C18H28/c1-15-9-11-17(12-10-15)14-18-8-6-4-3-5-7-16(2)13-18/h9-12,16,18H,3-8,13-14H2,1-2H3. The summed E-state index contributed by atoms with van der Waals surface area (Å²) in [5, 5.41) is 0. The van der Waals surface area contributed by atoms with Gasteiger partial charge in [0.1, 0.15) is 0 Å². The molecule has 0 heterocycles. The fourth-order valence-electron chi connectivity index (χ4n) is 3.33. The Labute approximate surface area is 113 Å². The molecule has 0 amide bonds. The van der Waals surface area contributed by atoms with Crippen molar-refractivity contribution in [2.24, 2.45) is 11.8 Å². The monoisotopic (exact) mass is 244 g/mol. The van der Waals surface area contributed by atoms with Crippen molar-refractivity contribution in [1.82, 2.24) is 0 Å². The molecule has 0 aliphatic heterocycles. The predicted molar refractivity (Wildman–Crippen MR) is 79.9 cm³/mol. The van der Waals surface area contributed by atoms with Gasteiger partial charge < -0.3 is 0 Å². The molecule has 0 radical (unpaired) electrons. The van der Waals surface area contributed by atoms with E-state index < -0.39 is 0 Å². The van der Waals surface area contributed by atoms with E-state index in [-0.39, 0.29) is 0 Å². The molecule has 0 nitrogen and oxygen atoms in total. The van der Waals surface area contributed by atoms with Crippen LogP contribution in [0.2, 0.25) is 0 Å². The summed E-state index contributed by atoms with van der Waals surface area (Å²) in [5.74, 6) is 1.85. The zero-order valence-corrected chi connectivity index (χ0v) is 12.1. The van der Waals surface area contributed by atoms with Gasteiger partial charge in [-0.1, -0.05) is 75.3 Å². The Hall–Kier alpha value is -0.780. The normalized spacial score (nSPS) is 26.1. The minimum Gasteiger partial charge on any atom is -0.0625 e. The van der Waals surface area contributed by atoms with Gasteiger partial charge in [0.2, 0.25) is 0 Å². The van der Waals surface area contributed by atoms with E-state index in [0.29, 0.717) is 0 Å². The number of hydrogen-bond donors (Lipinski definition) is 0. The van der Waals surface area contributed by atoms with Crippen LogP contribution in [-0.4, -0.2) is 0 Å². The second-order valence-corrected chi connectivity index (χ2v) is 6.39. The van der Waals surface area contributed by atoms with E-state index in [1.165, 1.54) is 62.5 Å². The van der Waals surface area contributed by atoms with Gasteiger partial charge in [-0.2, -0.15) is 0 Å². The van der Waals surface area contributed by atoms with E-state index in [4.69, 9.17) is 0 Å². The van der Waals surface area contributed by atoms with Gasteiger partial charge in [0.25, 0.3) is 0 Å². The van der Waals surface area contributed by atoms with E-state index in [0.717, 1.165) is 11.8 Å². The van der Waals surface area contributed by atoms with Gasteiger partial charge in [-0.25, -0.2) is 0 Å². The summed E-state index contributed by atoms with van der Waals surface area (Å²) in [6.07, 6.45) is 11.4. The van der Waals surface area contributed by atoms with Crippen LogP contribution in [0.1, 0.15) is 63.0 Å². The molecule has 1 aliphatic carbocycles. The molecular formula is C18H28. The van der Waals surface area contributed by atoms with E-state index in [2.05, 4.69) is 38.1 Å². The molecule has 2 rings (SSSR count). The Kier molecular flexibility index (Phi) is 5.28. The van der Waals surface area contributed by atoms with Crippen LogP contribution in [0.5, 0.6) is 0 Å². The maximum atomic E-state index is 2.45. The van der Waals surface area contributed by atoms with Crippen molar-refractivity contribution < 1.29 is 0 Å². The van der Waals surface area contributed by atoms with Gasteiger partial charge in [-0.3, -0.25) is 0 Å². The second kappa shape index (κ2) is 6.97. The molecule has 18 heavy (non-hydrogen) atoms. The lowest BCUT2D eigenvalue weighted by atomic mass is 9.86. The summed E-state index contributed by atoms with van der Waals surface area (Å²) in [5.41, 5.74) is 2.92. The number of benzene rings is 1. The van der Waals surface area contributed by atoms with Gasteiger partial charge in [-0.05, 0) is 37.2 Å². The highest BCUT2D eigenvalue weighted by atomic mass is 14.2. The van der Waals surface area contributed by atoms with Crippen molar-refractivity contribution in [3.05, 3.63) is 35.4 Å². The minimum atomic E-state index is 0.917. The van der Waals surface area contributed by atoms with E-state index in [9.17, 15) is 0 Å². The molecule has 0 saturated heterocycles. The molecule has 1 aliphatic rings. The molecule has 0 aromatic heterocycles. The Bertz CT molecular complexity index is 336. The zero-order valence-electron chi connectivity index (χ0n) is 12.1. The summed E-state index contributed by atoms with van der Waals surface area (Å²) >= 11 is 0. The van der Waals surface area contributed by atoms with Gasteiger partial charge in [0, 0.05) is 0 Å². The SMILES string of the molecule is Cc1ccc(CC2CCCCCCC(C)C2)cc1. The molecule has 1 aromatic rings. The number of aryl methyl sites for hydroxylation is 1. The quantitative estimate of drug-likeness (QED) is 0.641. The van der Waals surface area contributed by atoms with Crippen LogP contribution in [-0.2, 0) is 6.42 Å². The topological polar surface area (TPSA) is 0 Å². The highest BCUT2D eigenvalue weighted by molar-refractivity contribution is 5.21. The lowest BCUT2D eigenvalue weighted by Crippen LogP contribution is -2.09. The van der Waals surface area contributed by atoms with Crippen LogP contribution < -0.4 is 0 Å². The van der Waals surface area contributed by atoms with Gasteiger partial charge in [0.05, 0.1) is 0 Å². The van der Waals surface area contributed by atoms with E-state index >= 15 is 0 Å². The average Bonchev–Trinajstić information content (AvgIpc) is 2.45. The fourth-order valence-corrected chi connectivity index (χ4v) is 3.33. The number of hydrogen-bond acceptors (Lipinski definition) is 0. The van der Waals surface area contributed by atoms with Gasteiger partial charge in [0.15, 0.2) is 0 Å². The summed E-state index contributed by atoms with van der Waals surface area (Å²) in [4.78, 5) is 0. The Morgan fingerprint density at radius 3 is 2.33 bits per heavy atom. The number of rotatable bonds is 2. The zero-order chi connectivity index (χ0) is 12.8. The molecule has 1 saturated carbocycles. The minimum absolute atomic E-state index is 0.917. The first-order valence-corrected chi connectivity index (χ1v) is 7.79. The van der Waals surface area contributed by atoms with Gasteiger partial charge in [-0.15, -0.1) is 0 Å². The van der Waals surface area contributed by atoms with Crippen LogP contribution in [0.15, 0.2) is 24.3 Å². The molecule has 2 atom stereocenters. The van der Waals surface area contributed by atoms with Crippen molar-refractivity contribution in [3.63, 3.8) is 0 Å². The Balaban J connectivity index is 1.94. The van der Waals surface area contributed by atoms with E-state index in [1.807, 2.05) is 0 Å². The highest BCUT2D eigenvalue weighted by Crippen LogP contribution is 2.28. The third-order valence-electron chi connectivity index (χ3n) is 4.44. The first kappa shape index (κ1) is 13.6. The van der Waals surface area contributed by atoms with Crippen molar-refractivity contribution >= 4 is 0 Å². The second-order valence-electron chi connectivity index (χ2n) is 6.39. The first-order chi connectivity index (χ1) is 8.74. The van der Waals surface area contributed by atoms with Crippen molar-refractivity contribution in [2.45, 2.75) is 65.2 Å². The third kappa shape index (κ3) is 4.48. The molecule has 0 N–H and O–H groups in total. The molecule has 2 unspecified atom stereocenters. The van der Waals surface area contributed by atoms with Crippen molar-refractivity contribution in [1.29, 1.82) is 0 Å². The van der Waals surface area contributed by atoms with E-state index in [1.54, 1.807) is 0 Å². The molecule has 0 heteroatoms. The largest absolute Gasteiger partial charge is 0.0625 e. The summed E-state index contributed by atoms with van der Waals surface area (Å²) < 4.78 is 0. The summed E-state index contributed by atoms with van der Waals surface area (Å²) in [6, 6.07) is 9.17. The van der Waals surface area contributed by atoms with Gasteiger partial charge >= 0.3 is 0 Å². The lowest BCUT2D eigenvalue weighted by Gasteiger charge is -2.20. The highest BCUT2D eigenvalue weighted by Gasteiger charge is 2.15. The Morgan fingerprint density at radius 2 is 1.61 bits per heavy atom. The maximum Gasteiger partial charge on any atom is -0.0250 e. The Morgan fingerprint density at radius 1 is 0.944 bits per heavy atom. The molecule has 1 fully saturated rings. The summed E-state index contributed by atoms with van der Waals surface area (Å²) in [6.45, 7) is 4.62. The molecule has 0 bridgehead atoms. The molecular weight excluding hydrogens is 216 g/mol. The molecule has 1 aromatic carbocycles. The van der Waals surface area contributed by atoms with Crippen molar-refractivity contribution in [3.8, 4) is 0 Å². The van der Waals surface area contributed by atoms with Crippen molar-refractivity contribution in [2.75, 3.05) is 0 Å². The maximum absolute atomic E-state index is 2.45. The average molecular weight is 244 g/mol. The van der Waals surface area contributed by atoms with Crippen LogP contribution >= 0.6 is 0 Å². The predicted octanol–water partition coefficient (Wildman–Crippen LogP) is 5.53. The van der Waals surface area contributed by atoms with Crippen LogP contribution in [0.3, 0.4) is 0 Å². The molecule has 0 spiro atoms. The smallest absolute Gasteiger partial charge is 0.0250 e. The third-order valence-corrected chi connectivity index (χ3v) is 4.44.